The second-order valence-corrected chi connectivity index (χ2v) is 2.39. The van der Waals surface area contributed by atoms with Crippen LogP contribution in [0, 0.1) is 0 Å². The molecule has 13 heavy (non-hydrogen) atoms. The molecule has 0 saturated heterocycles. The fraction of sp³-hybridized carbons (Fsp3) is 0. The van der Waals surface area contributed by atoms with Crippen LogP contribution in [0.2, 0.25) is 0 Å². The van der Waals surface area contributed by atoms with Gasteiger partial charge in [-0.05, 0) is 0 Å². The van der Waals surface area contributed by atoms with Crippen molar-refractivity contribution in [2.75, 3.05) is 0 Å². The second kappa shape index (κ2) is 22.2. The van der Waals surface area contributed by atoms with Crippen LogP contribution >= 0.6 is 7.82 Å². The zero-order chi connectivity index (χ0) is 8.08. The molecule has 7 nitrogen and oxygen atoms in total. The minimum Gasteiger partial charge on any atom is 0.316 e. The van der Waals surface area contributed by atoms with E-state index in [2.05, 4.69) is 0 Å². The average Bonchev–Trinajstić information content (AvgIpc) is 1.19. The van der Waals surface area contributed by atoms with E-state index < -0.39 is 17.0 Å². The van der Waals surface area contributed by atoms with Crippen molar-refractivity contribution in [2.24, 2.45) is 0 Å². The van der Waals surface area contributed by atoms with Gasteiger partial charge in [0.15, 0.2) is 0 Å². The van der Waals surface area contributed by atoms with Gasteiger partial charge in [-0.1, -0.05) is 0 Å². The van der Waals surface area contributed by atoms with Crippen LogP contribution < -0.4 is 0 Å². The fourth-order valence-electron chi connectivity index (χ4n) is 0. The largest absolute Gasteiger partial charge is 0.316 e. The topological polar surface area (TPSA) is 135 Å². The summed E-state index contributed by atoms with van der Waals surface area (Å²) in [6.07, 6.45) is 0. The van der Waals surface area contributed by atoms with Gasteiger partial charge in [0, 0.05) is 0 Å². The van der Waals surface area contributed by atoms with Crippen molar-refractivity contribution in [1.29, 1.82) is 0 Å². The third-order valence-corrected chi connectivity index (χ3v) is 0. The third kappa shape index (κ3) is 152. The summed E-state index contributed by atoms with van der Waals surface area (Å²) in [6.45, 7) is 0. The van der Waals surface area contributed by atoms with E-state index in [4.69, 9.17) is 33.3 Å². The molecule has 13 heteroatoms. The minimum atomic E-state index is -4.64. The first-order valence-electron chi connectivity index (χ1n) is 1.43. The van der Waals surface area contributed by atoms with Crippen LogP contribution in [-0.2, 0) is 9.03 Å². The van der Waals surface area contributed by atoms with Crippen LogP contribution in [0.5, 0.6) is 0 Å². The van der Waals surface area contributed by atoms with Crippen molar-refractivity contribution in [3.8, 4) is 0 Å². The molecule has 5 N–H and O–H groups in total. The van der Waals surface area contributed by atoms with E-state index in [1.807, 2.05) is 0 Å². The van der Waals surface area contributed by atoms with Crippen LogP contribution in [0.15, 0.2) is 0 Å². The van der Waals surface area contributed by atoms with Gasteiger partial charge in [0.25, 0.3) is 0 Å². The van der Waals surface area contributed by atoms with Gasteiger partial charge in [0.05, 0.1) is 0 Å². The monoisotopic (exact) mass is 324 g/mol. The Morgan fingerprint density at radius 1 is 1.00 bits per heavy atom. The SMILES string of the molecule is O=P(O)(O)O.O=[Si](O)O.[CaH2].[KH].[KH].[MgH2]. The Hall–Kier alpha value is 5.03. The van der Waals surface area contributed by atoms with E-state index in [1.54, 1.807) is 0 Å². The second-order valence-electron chi connectivity index (χ2n) is 0.796. The first-order valence-corrected chi connectivity index (χ1v) is 4.30. The quantitative estimate of drug-likeness (QED) is 0.221. The van der Waals surface area contributed by atoms with Gasteiger partial charge in [-0.15, -0.1) is 0 Å². The Labute approximate surface area is 208 Å². The maximum absolute atomic E-state index is 8.88. The molecule has 0 aliphatic rings. The molecule has 0 saturated carbocycles. The van der Waals surface area contributed by atoms with Crippen LogP contribution in [0.25, 0.3) is 0 Å². The maximum atomic E-state index is 8.88. The predicted molar refractivity (Wildman–Crippen MR) is 56.5 cm³/mol. The summed E-state index contributed by atoms with van der Waals surface area (Å²) in [5.74, 6) is 0. The Balaban J connectivity index is -0.0000000146. The molecular formula is H11CaK2MgO7PSi. The summed E-state index contributed by atoms with van der Waals surface area (Å²) in [4.78, 5) is 35.9. The van der Waals surface area contributed by atoms with Gasteiger partial charge < -0.3 is 24.3 Å². The van der Waals surface area contributed by atoms with Crippen molar-refractivity contribution >= 4 is 181 Å². The molecule has 0 aromatic rings. The first-order chi connectivity index (χ1) is 3.73. The van der Waals surface area contributed by atoms with Crippen LogP contribution in [-0.4, -0.2) is 197 Å². The standard InChI is InChI=1S/Ca.2K.Mg.H3O4P.H2O3Si.6H/c;;;;1-5(2,3)4;1-4(2)3;;;;;;/h;;;;(H3,1,2,3,4);1-2H;;;;;;. The number of rotatable bonds is 0. The van der Waals surface area contributed by atoms with Crippen molar-refractivity contribution < 1.29 is 33.3 Å². The average molecular weight is 325 g/mol. The molecule has 0 amide bonds. The zero-order valence-corrected chi connectivity index (χ0v) is 5.89. The molecule has 0 aromatic carbocycles. The van der Waals surface area contributed by atoms with Crippen molar-refractivity contribution in [2.45, 2.75) is 0 Å². The fourth-order valence-corrected chi connectivity index (χ4v) is 0. The van der Waals surface area contributed by atoms with Crippen molar-refractivity contribution in [3.05, 3.63) is 0 Å². The summed E-state index contributed by atoms with van der Waals surface area (Å²) in [5.41, 5.74) is 0. The van der Waals surface area contributed by atoms with Crippen LogP contribution in [0.1, 0.15) is 0 Å². The molecular weight excluding hydrogens is 314 g/mol. The van der Waals surface area contributed by atoms with Crippen LogP contribution in [0.4, 0.5) is 0 Å². The summed E-state index contributed by atoms with van der Waals surface area (Å²) in [6, 6.07) is 0. The van der Waals surface area contributed by atoms with E-state index in [9.17, 15) is 0 Å². The Morgan fingerprint density at radius 2 is 1.00 bits per heavy atom. The molecule has 0 spiro atoms. The molecule has 68 valence electrons. The van der Waals surface area contributed by atoms with Crippen molar-refractivity contribution in [3.63, 3.8) is 0 Å². The molecule has 0 aromatic heterocycles. The molecule has 0 bridgehead atoms. The molecule has 0 rings (SSSR count). The summed E-state index contributed by atoms with van der Waals surface area (Å²) in [5, 5.41) is 0. The van der Waals surface area contributed by atoms with E-state index in [0.717, 1.165) is 0 Å². The molecule has 0 aliphatic heterocycles. The smallest absolute Gasteiger partial charge is 0.316 e. The summed E-state index contributed by atoms with van der Waals surface area (Å²) >= 11 is 0. The molecule has 0 heterocycles. The molecule has 0 unspecified atom stereocenters. The molecule has 0 radical (unpaired) electrons. The maximum Gasteiger partial charge on any atom is 0.316 e. The summed E-state index contributed by atoms with van der Waals surface area (Å²) < 4.78 is 17.6. The van der Waals surface area contributed by atoms with Gasteiger partial charge >= 0.3 is 181 Å². The van der Waals surface area contributed by atoms with E-state index in [-0.39, 0.29) is 164 Å². The van der Waals surface area contributed by atoms with E-state index in [0.29, 0.717) is 0 Å². The number of hydrogen-bond donors (Lipinski definition) is 5. The van der Waals surface area contributed by atoms with E-state index in [1.165, 1.54) is 0 Å². The Morgan fingerprint density at radius 3 is 1.00 bits per heavy atom. The molecule has 0 atom stereocenters. The van der Waals surface area contributed by atoms with Gasteiger partial charge in [-0.2, -0.15) is 0 Å². The minimum absolute atomic E-state index is 0. The van der Waals surface area contributed by atoms with Gasteiger partial charge in [-0.25, -0.2) is 4.57 Å². The Bertz CT molecular complexity index is 126. The van der Waals surface area contributed by atoms with Gasteiger partial charge in [-0.3, -0.25) is 4.46 Å². The third-order valence-electron chi connectivity index (χ3n) is 0. The Kier molecular flexibility index (Phi) is 61.8. The first kappa shape index (κ1) is 36.1. The molecule has 0 fully saturated rings. The number of hydrogen-bond acceptors (Lipinski definition) is 2. The van der Waals surface area contributed by atoms with E-state index >= 15 is 0 Å². The van der Waals surface area contributed by atoms with Gasteiger partial charge in [0.2, 0.25) is 0 Å². The van der Waals surface area contributed by atoms with Gasteiger partial charge in [0.1, 0.15) is 0 Å². The predicted octanol–water partition coefficient (Wildman–Crippen LogP) is -5.67. The number of phosphoric acid groups is 1. The summed E-state index contributed by atoms with van der Waals surface area (Å²) in [7, 11) is -7.77. The normalized spacial score (nSPS) is 6.38. The zero-order valence-electron chi connectivity index (χ0n) is 4.00. The molecule has 0 aliphatic carbocycles. The van der Waals surface area contributed by atoms with Crippen LogP contribution in [0.3, 0.4) is 0 Å². The van der Waals surface area contributed by atoms with Crippen molar-refractivity contribution in [1.82, 2.24) is 0 Å².